The second-order valence-corrected chi connectivity index (χ2v) is 5.32. The topological polar surface area (TPSA) is 37.3 Å². The molecule has 0 aliphatic carbocycles. The van der Waals surface area contributed by atoms with E-state index in [1.807, 2.05) is 24.3 Å². The van der Waals surface area contributed by atoms with Crippen LogP contribution in [0.25, 0.3) is 11.1 Å². The SMILES string of the molecule is Cc1ccc(-c2ccc(C(=O)c3ccc(O)cc3)cc2)cc1. The van der Waals surface area contributed by atoms with Crippen LogP contribution < -0.4 is 0 Å². The van der Waals surface area contributed by atoms with Crippen LogP contribution in [0.4, 0.5) is 0 Å². The van der Waals surface area contributed by atoms with Gasteiger partial charge >= 0.3 is 0 Å². The minimum Gasteiger partial charge on any atom is -0.508 e. The standard InChI is InChI=1S/C20H16O2/c1-14-2-4-15(5-3-14)16-6-8-17(9-7-16)20(22)18-10-12-19(21)13-11-18/h2-13,21H,1H3. The first-order valence-corrected chi connectivity index (χ1v) is 7.14. The van der Waals surface area contributed by atoms with Crippen molar-refractivity contribution in [3.63, 3.8) is 0 Å². The lowest BCUT2D eigenvalue weighted by Gasteiger charge is -2.05. The predicted octanol–water partition coefficient (Wildman–Crippen LogP) is 4.60. The Balaban J connectivity index is 1.86. The molecule has 0 unspecified atom stereocenters. The average Bonchev–Trinajstić information content (AvgIpc) is 2.56. The summed E-state index contributed by atoms with van der Waals surface area (Å²) in [4.78, 5) is 12.4. The first-order valence-electron chi connectivity index (χ1n) is 7.14. The summed E-state index contributed by atoms with van der Waals surface area (Å²) in [5, 5.41) is 9.28. The summed E-state index contributed by atoms with van der Waals surface area (Å²) < 4.78 is 0. The summed E-state index contributed by atoms with van der Waals surface area (Å²) in [6, 6.07) is 22.2. The number of phenols is 1. The van der Waals surface area contributed by atoms with E-state index in [-0.39, 0.29) is 11.5 Å². The van der Waals surface area contributed by atoms with Crippen molar-refractivity contribution in [3.8, 4) is 16.9 Å². The van der Waals surface area contributed by atoms with Gasteiger partial charge in [0, 0.05) is 11.1 Å². The van der Waals surface area contributed by atoms with Crippen molar-refractivity contribution in [2.24, 2.45) is 0 Å². The van der Waals surface area contributed by atoms with Gasteiger partial charge in [0.1, 0.15) is 5.75 Å². The highest BCUT2D eigenvalue weighted by molar-refractivity contribution is 6.09. The minimum absolute atomic E-state index is 0.0459. The highest BCUT2D eigenvalue weighted by Gasteiger charge is 2.09. The molecule has 3 aromatic carbocycles. The summed E-state index contributed by atoms with van der Waals surface area (Å²) >= 11 is 0. The smallest absolute Gasteiger partial charge is 0.193 e. The number of ketones is 1. The molecule has 3 aromatic rings. The lowest BCUT2D eigenvalue weighted by Crippen LogP contribution is -2.00. The van der Waals surface area contributed by atoms with Crippen molar-refractivity contribution in [1.29, 1.82) is 0 Å². The lowest BCUT2D eigenvalue weighted by molar-refractivity contribution is 0.103. The molecule has 0 heterocycles. The molecule has 2 heteroatoms. The van der Waals surface area contributed by atoms with E-state index in [0.29, 0.717) is 11.1 Å². The highest BCUT2D eigenvalue weighted by atomic mass is 16.3. The van der Waals surface area contributed by atoms with Crippen LogP contribution in [0.5, 0.6) is 5.75 Å². The van der Waals surface area contributed by atoms with Gasteiger partial charge in [0.25, 0.3) is 0 Å². The summed E-state index contributed by atoms with van der Waals surface area (Å²) in [6.07, 6.45) is 0. The molecule has 0 aliphatic rings. The molecular weight excluding hydrogens is 272 g/mol. The lowest BCUT2D eigenvalue weighted by atomic mass is 9.99. The zero-order valence-electron chi connectivity index (χ0n) is 12.3. The fraction of sp³-hybridized carbons (Fsp3) is 0.0500. The first kappa shape index (κ1) is 14.1. The quantitative estimate of drug-likeness (QED) is 0.715. The van der Waals surface area contributed by atoms with Crippen molar-refractivity contribution in [3.05, 3.63) is 89.5 Å². The Morgan fingerprint density at radius 3 is 1.59 bits per heavy atom. The van der Waals surface area contributed by atoms with Crippen molar-refractivity contribution >= 4 is 5.78 Å². The number of phenolic OH excluding ortho intramolecular Hbond substituents is 1. The number of aryl methyl sites for hydroxylation is 1. The molecule has 3 rings (SSSR count). The maximum atomic E-state index is 12.4. The summed E-state index contributed by atoms with van der Waals surface area (Å²) in [6.45, 7) is 2.06. The molecule has 2 nitrogen and oxygen atoms in total. The molecule has 0 spiro atoms. The zero-order chi connectivity index (χ0) is 15.5. The van der Waals surface area contributed by atoms with E-state index in [1.165, 1.54) is 17.7 Å². The number of carbonyl (C=O) groups is 1. The fourth-order valence-electron chi connectivity index (χ4n) is 2.34. The molecule has 0 saturated heterocycles. The molecule has 0 atom stereocenters. The van der Waals surface area contributed by atoms with E-state index in [2.05, 4.69) is 31.2 Å². The third kappa shape index (κ3) is 2.91. The summed E-state index contributed by atoms with van der Waals surface area (Å²) in [5.41, 5.74) is 4.65. The Morgan fingerprint density at radius 1 is 0.682 bits per heavy atom. The Labute approximate surface area is 129 Å². The molecule has 22 heavy (non-hydrogen) atoms. The third-order valence-corrected chi connectivity index (χ3v) is 3.66. The molecule has 0 amide bonds. The van der Waals surface area contributed by atoms with Crippen LogP contribution in [0.15, 0.2) is 72.8 Å². The zero-order valence-corrected chi connectivity index (χ0v) is 12.3. The van der Waals surface area contributed by atoms with Gasteiger partial charge in [-0.25, -0.2) is 0 Å². The number of rotatable bonds is 3. The van der Waals surface area contributed by atoms with Gasteiger partial charge in [-0.15, -0.1) is 0 Å². The van der Waals surface area contributed by atoms with Crippen molar-refractivity contribution in [1.82, 2.24) is 0 Å². The second kappa shape index (κ2) is 5.86. The molecule has 1 N–H and O–H groups in total. The second-order valence-electron chi connectivity index (χ2n) is 5.32. The number of carbonyl (C=O) groups excluding carboxylic acids is 1. The van der Waals surface area contributed by atoms with E-state index in [4.69, 9.17) is 0 Å². The van der Waals surface area contributed by atoms with Gasteiger partial charge < -0.3 is 5.11 Å². The van der Waals surface area contributed by atoms with Crippen LogP contribution in [0.1, 0.15) is 21.5 Å². The number of aromatic hydroxyl groups is 1. The Kier molecular flexibility index (Phi) is 3.75. The maximum Gasteiger partial charge on any atom is 0.193 e. The summed E-state index contributed by atoms with van der Waals surface area (Å²) in [7, 11) is 0. The van der Waals surface area contributed by atoms with Crippen molar-refractivity contribution < 1.29 is 9.90 Å². The van der Waals surface area contributed by atoms with Crippen LogP contribution in [-0.2, 0) is 0 Å². The summed E-state index contributed by atoms with van der Waals surface area (Å²) in [5.74, 6) is 0.113. The van der Waals surface area contributed by atoms with E-state index in [1.54, 1.807) is 12.1 Å². The van der Waals surface area contributed by atoms with Gasteiger partial charge in [0.05, 0.1) is 0 Å². The van der Waals surface area contributed by atoms with Gasteiger partial charge in [0.2, 0.25) is 0 Å². The Hall–Kier alpha value is -2.87. The molecular formula is C20H16O2. The third-order valence-electron chi connectivity index (χ3n) is 3.66. The predicted molar refractivity (Wildman–Crippen MR) is 88.2 cm³/mol. The molecule has 0 aliphatic heterocycles. The molecule has 0 bridgehead atoms. The first-order chi connectivity index (χ1) is 10.6. The van der Waals surface area contributed by atoms with Gasteiger partial charge in [-0.2, -0.15) is 0 Å². The van der Waals surface area contributed by atoms with Crippen LogP contribution >= 0.6 is 0 Å². The van der Waals surface area contributed by atoms with Gasteiger partial charge in [-0.1, -0.05) is 54.1 Å². The van der Waals surface area contributed by atoms with Crippen LogP contribution in [-0.4, -0.2) is 10.9 Å². The number of hydrogen-bond acceptors (Lipinski definition) is 2. The molecule has 0 radical (unpaired) electrons. The molecule has 0 fully saturated rings. The normalized spacial score (nSPS) is 10.4. The Morgan fingerprint density at radius 2 is 1.09 bits per heavy atom. The monoisotopic (exact) mass is 288 g/mol. The van der Waals surface area contributed by atoms with Crippen molar-refractivity contribution in [2.75, 3.05) is 0 Å². The van der Waals surface area contributed by atoms with E-state index in [9.17, 15) is 9.90 Å². The van der Waals surface area contributed by atoms with Crippen molar-refractivity contribution in [2.45, 2.75) is 6.92 Å². The minimum atomic E-state index is -0.0459. The largest absolute Gasteiger partial charge is 0.508 e. The molecule has 0 saturated carbocycles. The maximum absolute atomic E-state index is 12.4. The van der Waals surface area contributed by atoms with Gasteiger partial charge in [-0.3, -0.25) is 4.79 Å². The van der Waals surface area contributed by atoms with Gasteiger partial charge in [0.15, 0.2) is 5.78 Å². The van der Waals surface area contributed by atoms with E-state index < -0.39 is 0 Å². The molecule has 108 valence electrons. The average molecular weight is 288 g/mol. The number of benzene rings is 3. The Bertz CT molecular complexity index is 783. The van der Waals surface area contributed by atoms with Crippen LogP contribution in [0.2, 0.25) is 0 Å². The van der Waals surface area contributed by atoms with E-state index >= 15 is 0 Å². The van der Waals surface area contributed by atoms with E-state index in [0.717, 1.165) is 11.1 Å². The highest BCUT2D eigenvalue weighted by Crippen LogP contribution is 2.21. The number of hydrogen-bond donors (Lipinski definition) is 1. The van der Waals surface area contributed by atoms with Gasteiger partial charge in [-0.05, 0) is 42.3 Å². The van der Waals surface area contributed by atoms with Crippen LogP contribution in [0.3, 0.4) is 0 Å². The molecule has 0 aromatic heterocycles. The van der Waals surface area contributed by atoms with Crippen LogP contribution in [0, 0.1) is 6.92 Å². The fourth-order valence-corrected chi connectivity index (χ4v) is 2.34.